The van der Waals surface area contributed by atoms with Crippen molar-refractivity contribution in [3.63, 3.8) is 0 Å². The fourth-order valence-electron chi connectivity index (χ4n) is 1.66. The van der Waals surface area contributed by atoms with E-state index in [1.165, 1.54) is 6.07 Å². The smallest absolute Gasteiger partial charge is 0.339 e. The third-order valence-electron chi connectivity index (χ3n) is 2.58. The molecular formula is C15H12BrClO4. The van der Waals surface area contributed by atoms with E-state index in [0.29, 0.717) is 21.0 Å². The van der Waals surface area contributed by atoms with Crippen LogP contribution >= 0.6 is 27.5 Å². The molecule has 110 valence electrons. The lowest BCUT2D eigenvalue weighted by Crippen LogP contribution is -2.11. The monoisotopic (exact) mass is 370 g/mol. The minimum Gasteiger partial charge on any atom is -0.490 e. The average molecular weight is 372 g/mol. The van der Waals surface area contributed by atoms with Gasteiger partial charge >= 0.3 is 5.97 Å². The molecule has 0 aliphatic heterocycles. The minimum atomic E-state index is -1.04. The number of hydrogen-bond acceptors (Lipinski definition) is 3. The van der Waals surface area contributed by atoms with Gasteiger partial charge in [-0.15, -0.1) is 0 Å². The number of carboxylic acids is 1. The van der Waals surface area contributed by atoms with Crippen LogP contribution in [0.3, 0.4) is 0 Å². The molecule has 0 unspecified atom stereocenters. The van der Waals surface area contributed by atoms with Gasteiger partial charge in [0.1, 0.15) is 30.3 Å². The zero-order valence-electron chi connectivity index (χ0n) is 10.9. The topological polar surface area (TPSA) is 55.8 Å². The van der Waals surface area contributed by atoms with E-state index in [0.717, 1.165) is 0 Å². The molecule has 0 saturated heterocycles. The van der Waals surface area contributed by atoms with Crippen molar-refractivity contribution in [3.8, 4) is 11.5 Å². The Morgan fingerprint density at radius 3 is 2.62 bits per heavy atom. The summed E-state index contributed by atoms with van der Waals surface area (Å²) in [4.78, 5) is 11.1. The molecular weight excluding hydrogens is 360 g/mol. The fourth-order valence-corrected chi connectivity index (χ4v) is 2.20. The van der Waals surface area contributed by atoms with Crippen LogP contribution in [0.1, 0.15) is 10.4 Å². The molecule has 2 aromatic carbocycles. The van der Waals surface area contributed by atoms with Crippen LogP contribution in [0.5, 0.6) is 11.5 Å². The Balaban J connectivity index is 1.90. The highest BCUT2D eigenvalue weighted by Gasteiger charge is 2.11. The van der Waals surface area contributed by atoms with Gasteiger partial charge in [-0.1, -0.05) is 33.6 Å². The van der Waals surface area contributed by atoms with Crippen LogP contribution in [0.4, 0.5) is 0 Å². The van der Waals surface area contributed by atoms with Gasteiger partial charge < -0.3 is 14.6 Å². The van der Waals surface area contributed by atoms with Crippen LogP contribution in [-0.4, -0.2) is 24.3 Å². The molecule has 4 nitrogen and oxygen atoms in total. The van der Waals surface area contributed by atoms with Crippen LogP contribution in [0.15, 0.2) is 46.9 Å². The largest absolute Gasteiger partial charge is 0.490 e. The molecule has 0 bridgehead atoms. The van der Waals surface area contributed by atoms with Crippen LogP contribution in [0, 0.1) is 0 Å². The molecule has 21 heavy (non-hydrogen) atoms. The maximum Gasteiger partial charge on any atom is 0.339 e. The first-order valence-corrected chi connectivity index (χ1v) is 7.27. The van der Waals surface area contributed by atoms with E-state index in [2.05, 4.69) is 15.9 Å². The highest BCUT2D eigenvalue weighted by molar-refractivity contribution is 9.10. The predicted molar refractivity (Wildman–Crippen MR) is 83.5 cm³/mol. The van der Waals surface area contributed by atoms with Gasteiger partial charge in [0.2, 0.25) is 0 Å². The van der Waals surface area contributed by atoms with Gasteiger partial charge in [-0.3, -0.25) is 0 Å². The summed E-state index contributed by atoms with van der Waals surface area (Å²) in [6.07, 6.45) is 0. The lowest BCUT2D eigenvalue weighted by Gasteiger charge is -2.10. The predicted octanol–water partition coefficient (Wildman–Crippen LogP) is 4.26. The molecule has 0 aromatic heterocycles. The van der Waals surface area contributed by atoms with Crippen LogP contribution in [-0.2, 0) is 0 Å². The highest BCUT2D eigenvalue weighted by atomic mass is 79.9. The Bertz CT molecular complexity index is 645. The third-order valence-corrected chi connectivity index (χ3v) is 3.31. The highest BCUT2D eigenvalue weighted by Crippen LogP contribution is 2.23. The summed E-state index contributed by atoms with van der Waals surface area (Å²) in [6.45, 7) is 0.518. The van der Waals surface area contributed by atoms with Crippen molar-refractivity contribution in [2.75, 3.05) is 13.2 Å². The molecule has 0 radical (unpaired) electrons. The van der Waals surface area contributed by atoms with Crippen molar-refractivity contribution in [3.05, 3.63) is 57.5 Å². The van der Waals surface area contributed by atoms with Crippen LogP contribution in [0.25, 0.3) is 0 Å². The Morgan fingerprint density at radius 2 is 1.90 bits per heavy atom. The van der Waals surface area contributed by atoms with Crippen LogP contribution < -0.4 is 9.47 Å². The first kappa shape index (κ1) is 15.7. The van der Waals surface area contributed by atoms with E-state index in [9.17, 15) is 4.79 Å². The number of benzene rings is 2. The van der Waals surface area contributed by atoms with E-state index in [4.69, 9.17) is 26.2 Å². The van der Waals surface area contributed by atoms with Gasteiger partial charge in [0.05, 0.1) is 0 Å². The van der Waals surface area contributed by atoms with Gasteiger partial charge in [-0.05, 0) is 36.4 Å². The van der Waals surface area contributed by atoms with E-state index in [1.54, 1.807) is 36.4 Å². The third kappa shape index (κ3) is 4.65. The van der Waals surface area contributed by atoms with Crippen molar-refractivity contribution in [2.45, 2.75) is 0 Å². The van der Waals surface area contributed by atoms with E-state index >= 15 is 0 Å². The minimum absolute atomic E-state index is 0.104. The van der Waals surface area contributed by atoms with Gasteiger partial charge in [0.25, 0.3) is 0 Å². The van der Waals surface area contributed by atoms with Crippen molar-refractivity contribution in [2.24, 2.45) is 0 Å². The van der Waals surface area contributed by atoms with E-state index < -0.39 is 5.97 Å². The van der Waals surface area contributed by atoms with Gasteiger partial charge in [0, 0.05) is 9.50 Å². The number of ether oxygens (including phenoxy) is 2. The van der Waals surface area contributed by atoms with Crippen molar-refractivity contribution in [1.82, 2.24) is 0 Å². The zero-order valence-corrected chi connectivity index (χ0v) is 13.2. The van der Waals surface area contributed by atoms with E-state index in [-0.39, 0.29) is 18.8 Å². The second-order valence-corrected chi connectivity index (χ2v) is 5.45. The molecule has 0 heterocycles. The van der Waals surface area contributed by atoms with Gasteiger partial charge in [0.15, 0.2) is 0 Å². The molecule has 2 rings (SSSR count). The summed E-state index contributed by atoms with van der Waals surface area (Å²) >= 11 is 9.07. The molecule has 0 atom stereocenters. The molecule has 1 N–H and O–H groups in total. The number of carboxylic acid groups (broad SMARTS) is 1. The Labute approximate surface area is 135 Å². The SMILES string of the molecule is O=C(O)c1cc(Br)ccc1OCCOc1cccc(Cl)c1. The Hall–Kier alpha value is -1.72. The summed E-state index contributed by atoms with van der Waals surface area (Å²) in [5.74, 6) is -0.0946. The summed E-state index contributed by atoms with van der Waals surface area (Å²) in [7, 11) is 0. The average Bonchev–Trinajstić information content (AvgIpc) is 2.44. The summed E-state index contributed by atoms with van der Waals surface area (Å²) in [6, 6.07) is 11.8. The molecule has 0 fully saturated rings. The Kier molecular flexibility index (Phi) is 5.47. The van der Waals surface area contributed by atoms with Gasteiger partial charge in [-0.25, -0.2) is 4.79 Å². The number of halogens is 2. The normalized spacial score (nSPS) is 10.2. The second-order valence-electron chi connectivity index (χ2n) is 4.10. The van der Waals surface area contributed by atoms with E-state index in [1.807, 2.05) is 0 Å². The maximum absolute atomic E-state index is 11.1. The molecule has 0 amide bonds. The standard InChI is InChI=1S/C15H12BrClO4/c16-10-4-5-14(13(8-10)15(18)19)21-7-6-20-12-3-1-2-11(17)9-12/h1-5,8-9H,6-7H2,(H,18,19). The Morgan fingerprint density at radius 1 is 1.14 bits per heavy atom. The summed E-state index contributed by atoms with van der Waals surface area (Å²) in [5, 5.41) is 9.70. The van der Waals surface area contributed by atoms with Gasteiger partial charge in [-0.2, -0.15) is 0 Å². The fraction of sp³-hybridized carbons (Fsp3) is 0.133. The first-order valence-electron chi connectivity index (χ1n) is 6.10. The second kappa shape index (κ2) is 7.33. The zero-order chi connectivity index (χ0) is 15.2. The van der Waals surface area contributed by atoms with Crippen molar-refractivity contribution < 1.29 is 19.4 Å². The van der Waals surface area contributed by atoms with Crippen molar-refractivity contribution >= 4 is 33.5 Å². The maximum atomic E-state index is 11.1. The molecule has 0 saturated carbocycles. The number of carbonyl (C=O) groups is 1. The summed E-state index contributed by atoms with van der Waals surface area (Å²) in [5.41, 5.74) is 0.104. The number of rotatable bonds is 6. The molecule has 0 aliphatic carbocycles. The number of aromatic carboxylic acids is 1. The molecule has 0 aliphatic rings. The first-order chi connectivity index (χ1) is 10.1. The quantitative estimate of drug-likeness (QED) is 0.771. The molecule has 2 aromatic rings. The van der Waals surface area contributed by atoms with Crippen molar-refractivity contribution in [1.29, 1.82) is 0 Å². The lowest BCUT2D eigenvalue weighted by molar-refractivity contribution is 0.0691. The lowest BCUT2D eigenvalue weighted by atomic mass is 10.2. The number of hydrogen-bond donors (Lipinski definition) is 1. The molecule has 0 spiro atoms. The summed E-state index contributed by atoms with van der Waals surface area (Å²) < 4.78 is 11.6. The van der Waals surface area contributed by atoms with Crippen LogP contribution in [0.2, 0.25) is 5.02 Å². The molecule has 6 heteroatoms.